The van der Waals surface area contributed by atoms with Crippen molar-refractivity contribution in [1.29, 1.82) is 0 Å². The van der Waals surface area contributed by atoms with E-state index in [-0.39, 0.29) is 4.87 Å². The summed E-state index contributed by atoms with van der Waals surface area (Å²) in [6.45, 7) is 2.79. The summed E-state index contributed by atoms with van der Waals surface area (Å²) >= 11 is 1.22. The number of hydrogen-bond donors (Lipinski definition) is 2. The van der Waals surface area contributed by atoms with Crippen molar-refractivity contribution in [2.24, 2.45) is 0 Å². The number of pyridine rings is 1. The number of nitrogens with one attached hydrogen (secondary N) is 2. The third-order valence-corrected chi connectivity index (χ3v) is 4.34. The Labute approximate surface area is 121 Å². The van der Waals surface area contributed by atoms with Crippen LogP contribution in [0, 0.1) is 0 Å². The Balaban J connectivity index is 1.48. The monoisotopic (exact) mass is 290 g/mol. The van der Waals surface area contributed by atoms with Crippen molar-refractivity contribution < 1.29 is 0 Å². The summed E-state index contributed by atoms with van der Waals surface area (Å²) in [5, 5.41) is 5.40. The minimum atomic E-state index is 0.0202. The van der Waals surface area contributed by atoms with Gasteiger partial charge in [-0.05, 0) is 25.0 Å². The van der Waals surface area contributed by atoms with E-state index in [1.807, 2.05) is 23.7 Å². The fourth-order valence-corrected chi connectivity index (χ4v) is 3.09. The smallest absolute Gasteiger partial charge is 0.304 e. The van der Waals surface area contributed by atoms with Gasteiger partial charge in [0.05, 0.1) is 0 Å². The van der Waals surface area contributed by atoms with E-state index in [1.165, 1.54) is 11.3 Å². The first-order valence-electron chi connectivity index (χ1n) is 6.87. The van der Waals surface area contributed by atoms with Gasteiger partial charge in [0.2, 0.25) is 0 Å². The first-order chi connectivity index (χ1) is 9.81. The van der Waals surface area contributed by atoms with Gasteiger partial charge in [0.15, 0.2) is 0 Å². The van der Waals surface area contributed by atoms with Crippen LogP contribution in [0.1, 0.15) is 18.5 Å². The fraction of sp³-hybridized carbons (Fsp3) is 0.429. The van der Waals surface area contributed by atoms with Crippen molar-refractivity contribution in [2.45, 2.75) is 25.4 Å². The van der Waals surface area contributed by atoms with Gasteiger partial charge in [0, 0.05) is 42.9 Å². The molecule has 20 heavy (non-hydrogen) atoms. The molecule has 2 aromatic rings. The van der Waals surface area contributed by atoms with Crippen LogP contribution in [-0.4, -0.2) is 29.1 Å². The van der Waals surface area contributed by atoms with Crippen LogP contribution in [-0.2, 0) is 6.54 Å². The lowest BCUT2D eigenvalue weighted by Gasteiger charge is -2.33. The number of H-pyrrole nitrogens is 1. The average molecular weight is 290 g/mol. The molecule has 0 unspecified atom stereocenters. The molecule has 1 saturated heterocycles. The molecule has 3 heterocycles. The predicted molar refractivity (Wildman–Crippen MR) is 81.3 cm³/mol. The third-order valence-electron chi connectivity index (χ3n) is 3.62. The molecule has 0 saturated carbocycles. The van der Waals surface area contributed by atoms with Crippen LogP contribution in [0.5, 0.6) is 0 Å². The van der Waals surface area contributed by atoms with Crippen molar-refractivity contribution >= 4 is 17.2 Å². The largest absolute Gasteiger partial charge is 0.357 e. The molecule has 0 spiro atoms. The Morgan fingerprint density at radius 3 is 2.90 bits per heavy atom. The highest BCUT2D eigenvalue weighted by molar-refractivity contribution is 7.07. The molecular formula is C14H18N4OS. The molecule has 5 nitrogen and oxygen atoms in total. The third kappa shape index (κ3) is 3.26. The second-order valence-electron chi connectivity index (χ2n) is 5.00. The maximum Gasteiger partial charge on any atom is 0.304 e. The number of hydrogen-bond acceptors (Lipinski definition) is 5. The summed E-state index contributed by atoms with van der Waals surface area (Å²) in [5.41, 5.74) is 0.979. The highest BCUT2D eigenvalue weighted by atomic mass is 32.1. The summed E-state index contributed by atoms with van der Waals surface area (Å²) < 4.78 is 0. The number of thiazole rings is 1. The van der Waals surface area contributed by atoms with Crippen LogP contribution >= 0.6 is 11.3 Å². The molecule has 0 atom stereocenters. The van der Waals surface area contributed by atoms with Gasteiger partial charge in [0.25, 0.3) is 0 Å². The minimum absolute atomic E-state index is 0.0202. The quantitative estimate of drug-likeness (QED) is 0.898. The highest BCUT2D eigenvalue weighted by Gasteiger charge is 2.19. The summed E-state index contributed by atoms with van der Waals surface area (Å²) in [6.07, 6.45) is 4.04. The summed E-state index contributed by atoms with van der Waals surface area (Å²) in [7, 11) is 0. The van der Waals surface area contributed by atoms with Crippen LogP contribution in [0.15, 0.2) is 34.6 Å². The average Bonchev–Trinajstić information content (AvgIpc) is 2.92. The first-order valence-corrected chi connectivity index (χ1v) is 7.75. The highest BCUT2D eigenvalue weighted by Crippen LogP contribution is 2.17. The standard InChI is InChI=1S/C14H18N4OS/c19-14-17-12(10-20-14)9-16-11-4-7-18(8-5-11)13-3-1-2-6-15-13/h1-3,6,10-11,16H,4-5,7-9H2,(H,17,19). The van der Waals surface area contributed by atoms with Gasteiger partial charge < -0.3 is 15.2 Å². The van der Waals surface area contributed by atoms with Crippen LogP contribution in [0.4, 0.5) is 5.82 Å². The summed E-state index contributed by atoms with van der Waals surface area (Å²) in [6, 6.07) is 6.54. The van der Waals surface area contributed by atoms with Gasteiger partial charge in [-0.2, -0.15) is 0 Å². The molecule has 1 aliphatic heterocycles. The number of piperidine rings is 1. The van der Waals surface area contributed by atoms with Gasteiger partial charge in [-0.25, -0.2) is 4.98 Å². The van der Waals surface area contributed by atoms with Gasteiger partial charge >= 0.3 is 4.87 Å². The first kappa shape index (κ1) is 13.3. The van der Waals surface area contributed by atoms with E-state index in [4.69, 9.17) is 0 Å². The predicted octanol–water partition coefficient (Wildman–Crippen LogP) is 1.59. The van der Waals surface area contributed by atoms with Crippen molar-refractivity contribution in [2.75, 3.05) is 18.0 Å². The summed E-state index contributed by atoms with van der Waals surface area (Å²) in [5.74, 6) is 1.06. The van der Waals surface area contributed by atoms with E-state index in [1.54, 1.807) is 0 Å². The zero-order valence-corrected chi connectivity index (χ0v) is 12.0. The second kappa shape index (κ2) is 6.19. The number of aromatic amines is 1. The van der Waals surface area contributed by atoms with Crippen LogP contribution < -0.4 is 15.1 Å². The zero-order valence-electron chi connectivity index (χ0n) is 11.2. The molecule has 0 aromatic carbocycles. The molecule has 1 aliphatic rings. The lowest BCUT2D eigenvalue weighted by Crippen LogP contribution is -2.42. The molecule has 106 valence electrons. The SMILES string of the molecule is O=c1[nH]c(CNC2CCN(c3ccccn3)CC2)cs1. The zero-order chi connectivity index (χ0) is 13.8. The Morgan fingerprint density at radius 2 is 2.25 bits per heavy atom. The fourth-order valence-electron chi connectivity index (χ4n) is 2.51. The lowest BCUT2D eigenvalue weighted by atomic mass is 10.0. The number of nitrogens with zero attached hydrogens (tertiary/aromatic N) is 2. The van der Waals surface area contributed by atoms with Crippen LogP contribution in [0.3, 0.4) is 0 Å². The molecule has 0 radical (unpaired) electrons. The number of rotatable bonds is 4. The van der Waals surface area contributed by atoms with Crippen molar-refractivity contribution in [3.05, 3.63) is 45.1 Å². The van der Waals surface area contributed by atoms with E-state index in [2.05, 4.69) is 26.3 Å². The van der Waals surface area contributed by atoms with Crippen molar-refractivity contribution in [3.8, 4) is 0 Å². The van der Waals surface area contributed by atoms with Gasteiger partial charge in [-0.3, -0.25) is 4.79 Å². The lowest BCUT2D eigenvalue weighted by molar-refractivity contribution is 0.411. The van der Waals surface area contributed by atoms with Crippen LogP contribution in [0.2, 0.25) is 0 Å². The van der Waals surface area contributed by atoms with E-state index < -0.39 is 0 Å². The van der Waals surface area contributed by atoms with E-state index in [9.17, 15) is 4.79 Å². The Bertz CT molecular complexity index is 586. The van der Waals surface area contributed by atoms with Crippen molar-refractivity contribution in [1.82, 2.24) is 15.3 Å². The molecule has 0 amide bonds. The van der Waals surface area contributed by atoms with Gasteiger partial charge in [0.1, 0.15) is 5.82 Å². The normalized spacial score (nSPS) is 16.5. The summed E-state index contributed by atoms with van der Waals surface area (Å²) in [4.78, 5) is 20.6. The Kier molecular flexibility index (Phi) is 4.13. The van der Waals surface area contributed by atoms with E-state index in [0.717, 1.165) is 44.0 Å². The molecule has 3 rings (SSSR count). The molecule has 2 aromatic heterocycles. The maximum atomic E-state index is 11.1. The topological polar surface area (TPSA) is 61.0 Å². The molecule has 0 bridgehead atoms. The number of aromatic nitrogens is 2. The molecular weight excluding hydrogens is 272 g/mol. The Morgan fingerprint density at radius 1 is 1.40 bits per heavy atom. The van der Waals surface area contributed by atoms with Crippen molar-refractivity contribution in [3.63, 3.8) is 0 Å². The minimum Gasteiger partial charge on any atom is -0.357 e. The molecule has 0 aliphatic carbocycles. The maximum absolute atomic E-state index is 11.1. The van der Waals surface area contributed by atoms with E-state index in [0.29, 0.717) is 6.04 Å². The second-order valence-corrected chi connectivity index (χ2v) is 5.85. The van der Waals surface area contributed by atoms with Gasteiger partial charge in [-0.15, -0.1) is 0 Å². The Hall–Kier alpha value is -1.66. The van der Waals surface area contributed by atoms with Gasteiger partial charge in [-0.1, -0.05) is 17.4 Å². The molecule has 6 heteroatoms. The van der Waals surface area contributed by atoms with Crippen LogP contribution in [0.25, 0.3) is 0 Å². The molecule has 1 fully saturated rings. The molecule has 2 N–H and O–H groups in total. The van der Waals surface area contributed by atoms with E-state index >= 15 is 0 Å². The number of anilines is 1.